The third kappa shape index (κ3) is 4.78. The molecule has 1 saturated heterocycles. The molecule has 1 aliphatic rings. The van der Waals surface area contributed by atoms with Crippen LogP contribution in [0.4, 0.5) is 0 Å². The second-order valence-corrected chi connectivity index (χ2v) is 9.23. The molecule has 0 aromatic rings. The van der Waals surface area contributed by atoms with Gasteiger partial charge in [0.15, 0.2) is 0 Å². The fourth-order valence-corrected chi connectivity index (χ4v) is 5.25. The molecule has 12 heavy (non-hydrogen) atoms. The summed E-state index contributed by atoms with van der Waals surface area (Å²) >= 11 is 0. The molecule has 0 atom stereocenters. The van der Waals surface area contributed by atoms with Crippen LogP contribution in [-0.4, -0.2) is 38.0 Å². The molecule has 72 valence electrons. The number of hydrogen-bond donors (Lipinski definition) is 0. The molecular weight excluding hydrogens is 182 g/mol. The third-order valence-electron chi connectivity index (χ3n) is 2.66. The summed E-state index contributed by atoms with van der Waals surface area (Å²) in [6.45, 7) is 4.98. The van der Waals surface area contributed by atoms with Gasteiger partial charge in [-0.2, -0.15) is 0 Å². The van der Waals surface area contributed by atoms with Crippen LogP contribution in [0.25, 0.3) is 0 Å². The van der Waals surface area contributed by atoms with E-state index in [9.17, 15) is 0 Å². The molecule has 0 N–H and O–H groups in total. The Balaban J connectivity index is 2.20. The average molecular weight is 204 g/mol. The largest absolute Gasteiger partial charge is 0.110 e. The van der Waals surface area contributed by atoms with Crippen LogP contribution < -0.4 is 0 Å². The number of hydrogen-bond acceptors (Lipinski definition) is 0. The second kappa shape index (κ2) is 6.33. The summed E-state index contributed by atoms with van der Waals surface area (Å²) < 4.78 is 0. The Hall–Kier alpha value is 0.860. The number of rotatable bonds is 0. The molecule has 1 fully saturated rings. The van der Waals surface area contributed by atoms with Crippen LogP contribution in [0.2, 0.25) is 0 Å². The molecule has 0 saturated carbocycles. The molecule has 2 heteroatoms. The van der Waals surface area contributed by atoms with Crippen molar-refractivity contribution in [3.05, 3.63) is 0 Å². The van der Waals surface area contributed by atoms with Crippen LogP contribution in [0.1, 0.15) is 25.7 Å². The molecule has 1 rings (SSSR count). The van der Waals surface area contributed by atoms with Gasteiger partial charge < -0.3 is 0 Å². The van der Waals surface area contributed by atoms with E-state index in [1.807, 2.05) is 0 Å². The standard InChI is InChI=1S/C10H22P2/c1-11-7-3-5-9-12(2)10-6-4-8-11/h3-10H2,1-2H3. The summed E-state index contributed by atoms with van der Waals surface area (Å²) in [7, 11) is 0.858. The van der Waals surface area contributed by atoms with E-state index in [1.165, 1.54) is 25.7 Å². The van der Waals surface area contributed by atoms with E-state index in [-0.39, 0.29) is 0 Å². The lowest BCUT2D eigenvalue weighted by molar-refractivity contribution is 0.854. The first kappa shape index (κ1) is 10.9. The van der Waals surface area contributed by atoms with Gasteiger partial charge >= 0.3 is 0 Å². The highest BCUT2D eigenvalue weighted by Gasteiger charge is 2.06. The molecule has 0 aromatic carbocycles. The Morgan fingerprint density at radius 1 is 0.583 bits per heavy atom. The third-order valence-corrected chi connectivity index (χ3v) is 6.98. The highest BCUT2D eigenvalue weighted by Crippen LogP contribution is 2.39. The van der Waals surface area contributed by atoms with Crippen molar-refractivity contribution in [2.75, 3.05) is 38.0 Å². The van der Waals surface area contributed by atoms with E-state index in [1.54, 1.807) is 24.6 Å². The van der Waals surface area contributed by atoms with Gasteiger partial charge in [-0.25, -0.2) is 0 Å². The first-order chi connectivity index (χ1) is 5.79. The zero-order valence-corrected chi connectivity index (χ0v) is 10.3. The molecule has 1 heterocycles. The minimum Gasteiger partial charge on any atom is -0.110 e. The van der Waals surface area contributed by atoms with Crippen molar-refractivity contribution < 1.29 is 0 Å². The minimum atomic E-state index is 0.429. The van der Waals surface area contributed by atoms with E-state index in [0.29, 0.717) is 15.8 Å². The first-order valence-electron chi connectivity index (χ1n) is 5.16. The van der Waals surface area contributed by atoms with Crippen molar-refractivity contribution >= 4 is 15.8 Å². The maximum absolute atomic E-state index is 2.49. The van der Waals surface area contributed by atoms with E-state index >= 15 is 0 Å². The van der Waals surface area contributed by atoms with Gasteiger partial charge in [0.1, 0.15) is 0 Å². The minimum absolute atomic E-state index is 0.429. The fourth-order valence-electron chi connectivity index (χ4n) is 1.75. The van der Waals surface area contributed by atoms with E-state index in [0.717, 1.165) is 0 Å². The molecule has 0 aliphatic carbocycles. The topological polar surface area (TPSA) is 0 Å². The molecular formula is C10H22P2. The normalized spacial score (nSPS) is 34.5. The SMILES string of the molecule is CP1CCCCP(C)CCCC1. The van der Waals surface area contributed by atoms with Crippen molar-refractivity contribution in [1.29, 1.82) is 0 Å². The summed E-state index contributed by atoms with van der Waals surface area (Å²) in [5.74, 6) is 0. The van der Waals surface area contributed by atoms with E-state index < -0.39 is 0 Å². The summed E-state index contributed by atoms with van der Waals surface area (Å²) in [5, 5.41) is 0. The van der Waals surface area contributed by atoms with Crippen molar-refractivity contribution in [3.63, 3.8) is 0 Å². The quantitative estimate of drug-likeness (QED) is 0.527. The van der Waals surface area contributed by atoms with Crippen molar-refractivity contribution in [2.45, 2.75) is 25.7 Å². The zero-order chi connectivity index (χ0) is 8.81. The Morgan fingerprint density at radius 3 is 1.08 bits per heavy atom. The highest BCUT2D eigenvalue weighted by atomic mass is 31.1. The zero-order valence-electron chi connectivity index (χ0n) is 8.55. The van der Waals surface area contributed by atoms with Gasteiger partial charge in [0, 0.05) is 0 Å². The summed E-state index contributed by atoms with van der Waals surface area (Å²) in [6.07, 6.45) is 12.3. The molecule has 0 amide bonds. The lowest BCUT2D eigenvalue weighted by Gasteiger charge is -2.17. The molecule has 0 radical (unpaired) electrons. The van der Waals surface area contributed by atoms with Crippen LogP contribution in [0, 0.1) is 0 Å². The molecule has 0 aromatic heterocycles. The summed E-state index contributed by atoms with van der Waals surface area (Å²) in [6, 6.07) is 0. The van der Waals surface area contributed by atoms with Crippen molar-refractivity contribution in [1.82, 2.24) is 0 Å². The van der Waals surface area contributed by atoms with Gasteiger partial charge in [-0.1, -0.05) is 0 Å². The van der Waals surface area contributed by atoms with Gasteiger partial charge in [0.05, 0.1) is 0 Å². The maximum atomic E-state index is 2.49. The van der Waals surface area contributed by atoms with Crippen LogP contribution in [0.15, 0.2) is 0 Å². The molecule has 0 nitrogen and oxygen atoms in total. The Labute approximate surface area is 80.0 Å². The van der Waals surface area contributed by atoms with Crippen LogP contribution >= 0.6 is 15.8 Å². The van der Waals surface area contributed by atoms with E-state index in [4.69, 9.17) is 0 Å². The van der Waals surface area contributed by atoms with Gasteiger partial charge in [0.25, 0.3) is 0 Å². The fraction of sp³-hybridized carbons (Fsp3) is 1.00. The van der Waals surface area contributed by atoms with Crippen LogP contribution in [0.3, 0.4) is 0 Å². The second-order valence-electron chi connectivity index (χ2n) is 4.02. The Morgan fingerprint density at radius 2 is 0.833 bits per heavy atom. The Bertz CT molecular complexity index is 88.4. The molecule has 0 unspecified atom stereocenters. The van der Waals surface area contributed by atoms with Gasteiger partial charge in [-0.05, 0) is 63.7 Å². The van der Waals surface area contributed by atoms with E-state index in [2.05, 4.69) is 13.3 Å². The lowest BCUT2D eigenvalue weighted by Crippen LogP contribution is -1.97. The maximum Gasteiger partial charge on any atom is -0.0328 e. The Kier molecular flexibility index (Phi) is 5.77. The molecule has 1 aliphatic heterocycles. The van der Waals surface area contributed by atoms with Crippen molar-refractivity contribution in [3.8, 4) is 0 Å². The van der Waals surface area contributed by atoms with Gasteiger partial charge in [-0.15, -0.1) is 15.8 Å². The monoisotopic (exact) mass is 204 g/mol. The first-order valence-corrected chi connectivity index (χ1v) is 9.48. The average Bonchev–Trinajstić information content (AvgIpc) is 2.06. The van der Waals surface area contributed by atoms with Gasteiger partial charge in [0.2, 0.25) is 0 Å². The highest BCUT2D eigenvalue weighted by molar-refractivity contribution is 7.57. The summed E-state index contributed by atoms with van der Waals surface area (Å²) in [5.41, 5.74) is 0. The van der Waals surface area contributed by atoms with Gasteiger partial charge in [-0.3, -0.25) is 0 Å². The van der Waals surface area contributed by atoms with Crippen LogP contribution in [-0.2, 0) is 0 Å². The van der Waals surface area contributed by atoms with Crippen molar-refractivity contribution in [2.24, 2.45) is 0 Å². The predicted molar refractivity (Wildman–Crippen MR) is 63.6 cm³/mol. The summed E-state index contributed by atoms with van der Waals surface area (Å²) in [4.78, 5) is 0. The predicted octanol–water partition coefficient (Wildman–Crippen LogP) is 3.78. The van der Waals surface area contributed by atoms with Crippen LogP contribution in [0.5, 0.6) is 0 Å². The lowest BCUT2D eigenvalue weighted by atomic mass is 10.4. The molecule has 0 spiro atoms. The molecule has 0 bridgehead atoms. The smallest absolute Gasteiger partial charge is 0.0328 e.